The van der Waals surface area contributed by atoms with E-state index in [1.54, 1.807) is 0 Å². The van der Waals surface area contributed by atoms with Gasteiger partial charge in [-0.25, -0.2) is 0 Å². The highest BCUT2D eigenvalue weighted by Gasteiger charge is 2.50. The Bertz CT molecular complexity index is 507. The van der Waals surface area contributed by atoms with Crippen molar-refractivity contribution in [2.75, 3.05) is 0 Å². The van der Waals surface area contributed by atoms with E-state index in [9.17, 15) is 0 Å². The Morgan fingerprint density at radius 1 is 1.15 bits per heavy atom. The summed E-state index contributed by atoms with van der Waals surface area (Å²) in [5.74, 6) is 2.04. The van der Waals surface area contributed by atoms with Gasteiger partial charge in [-0.05, 0) is 51.3 Å². The molecule has 0 aliphatic carbocycles. The zero-order chi connectivity index (χ0) is 15.0. The predicted molar refractivity (Wildman–Crippen MR) is 85.8 cm³/mol. The predicted octanol–water partition coefficient (Wildman–Crippen LogP) is 4.76. The fourth-order valence-electron chi connectivity index (χ4n) is 2.24. The number of rotatable bonds is 3. The van der Waals surface area contributed by atoms with Gasteiger partial charge in [-0.15, -0.1) is 0 Å². The molecule has 0 atom stereocenters. The highest BCUT2D eigenvalue weighted by atomic mass is 35.5. The van der Waals surface area contributed by atoms with E-state index in [0.717, 1.165) is 22.6 Å². The zero-order valence-corrected chi connectivity index (χ0v) is 13.6. The van der Waals surface area contributed by atoms with Crippen molar-refractivity contribution in [2.45, 2.75) is 52.2 Å². The van der Waals surface area contributed by atoms with Crippen LogP contribution in [0.4, 0.5) is 0 Å². The van der Waals surface area contributed by atoms with Crippen LogP contribution in [0.25, 0.3) is 5.57 Å². The van der Waals surface area contributed by atoms with Gasteiger partial charge in [-0.2, -0.15) is 0 Å². The van der Waals surface area contributed by atoms with Crippen molar-refractivity contribution in [3.63, 3.8) is 0 Å². The number of halogens is 1. The van der Waals surface area contributed by atoms with E-state index in [1.807, 2.05) is 30.2 Å². The van der Waals surface area contributed by atoms with Crippen LogP contribution >= 0.6 is 11.6 Å². The highest BCUT2D eigenvalue weighted by molar-refractivity contribution is 6.53. The third kappa shape index (κ3) is 2.95. The van der Waals surface area contributed by atoms with E-state index in [0.29, 0.717) is 0 Å². The minimum atomic E-state index is -0.328. The van der Waals surface area contributed by atoms with Gasteiger partial charge in [0.1, 0.15) is 0 Å². The van der Waals surface area contributed by atoms with Crippen molar-refractivity contribution in [3.8, 4) is 0 Å². The van der Waals surface area contributed by atoms with Crippen molar-refractivity contribution in [2.24, 2.45) is 0 Å². The zero-order valence-electron chi connectivity index (χ0n) is 12.9. The first-order chi connectivity index (χ1) is 9.27. The summed E-state index contributed by atoms with van der Waals surface area (Å²) in [4.78, 5) is 0. The molecule has 4 heteroatoms. The molecule has 2 rings (SSSR count). The Morgan fingerprint density at radius 2 is 1.70 bits per heavy atom. The van der Waals surface area contributed by atoms with Gasteiger partial charge < -0.3 is 9.31 Å². The molecule has 0 saturated carbocycles. The van der Waals surface area contributed by atoms with Gasteiger partial charge in [0.05, 0.1) is 11.2 Å². The van der Waals surface area contributed by atoms with E-state index in [2.05, 4.69) is 34.6 Å². The molecule has 20 heavy (non-hydrogen) atoms. The van der Waals surface area contributed by atoms with Crippen LogP contribution in [-0.4, -0.2) is 18.3 Å². The Balaban J connectivity index is 2.28. The second kappa shape index (κ2) is 5.55. The van der Waals surface area contributed by atoms with Crippen LogP contribution in [-0.2, 0) is 9.31 Å². The number of benzene rings is 1. The molecule has 0 amide bonds. The number of hydrogen-bond acceptors (Lipinski definition) is 2. The summed E-state index contributed by atoms with van der Waals surface area (Å²) in [5, 5.41) is 0.761. The summed E-state index contributed by atoms with van der Waals surface area (Å²) in [6.07, 6.45) is 0.883. The minimum absolute atomic E-state index is 0.312. The van der Waals surface area contributed by atoms with Gasteiger partial charge in [-0.1, -0.05) is 42.7 Å². The lowest BCUT2D eigenvalue weighted by molar-refractivity contribution is 0.00578. The fourth-order valence-corrected chi connectivity index (χ4v) is 2.50. The van der Waals surface area contributed by atoms with Crippen molar-refractivity contribution >= 4 is 24.3 Å². The van der Waals surface area contributed by atoms with Crippen LogP contribution in [0, 0.1) is 0 Å². The van der Waals surface area contributed by atoms with Crippen molar-refractivity contribution in [1.82, 2.24) is 0 Å². The maximum Gasteiger partial charge on any atom is 0.487 e. The smallest absolute Gasteiger partial charge is 0.400 e. The molecule has 0 N–H and O–H groups in total. The van der Waals surface area contributed by atoms with Crippen LogP contribution in [0.5, 0.6) is 0 Å². The second-order valence-corrected chi connectivity index (χ2v) is 6.56. The largest absolute Gasteiger partial charge is 0.487 e. The van der Waals surface area contributed by atoms with Gasteiger partial charge in [0.2, 0.25) is 0 Å². The molecule has 1 aliphatic rings. The summed E-state index contributed by atoms with van der Waals surface area (Å²) in [7, 11) is -0.328. The summed E-state index contributed by atoms with van der Waals surface area (Å²) < 4.78 is 12.0. The van der Waals surface area contributed by atoms with E-state index in [1.165, 1.54) is 0 Å². The fraction of sp³-hybridized carbons (Fsp3) is 0.500. The Hall–Kier alpha value is -0.765. The molecule has 1 saturated heterocycles. The maximum atomic E-state index is 6.27. The Kier molecular flexibility index (Phi) is 4.34. The molecular formula is C16H22BClO2. The lowest BCUT2D eigenvalue weighted by Crippen LogP contribution is -2.41. The average Bonchev–Trinajstić information content (AvgIpc) is 2.55. The molecule has 0 unspecified atom stereocenters. The first-order valence-electron chi connectivity index (χ1n) is 7.08. The topological polar surface area (TPSA) is 18.5 Å². The van der Waals surface area contributed by atoms with E-state index < -0.39 is 0 Å². The van der Waals surface area contributed by atoms with Crippen LogP contribution in [0.15, 0.2) is 30.2 Å². The van der Waals surface area contributed by atoms with E-state index in [-0.39, 0.29) is 18.3 Å². The molecule has 0 spiro atoms. The molecule has 2 nitrogen and oxygen atoms in total. The van der Waals surface area contributed by atoms with Gasteiger partial charge >= 0.3 is 7.12 Å². The SMILES string of the molecule is CCC(=CB1OC(C)(C)C(C)(C)O1)c1ccccc1Cl. The lowest BCUT2D eigenvalue weighted by Gasteiger charge is -2.32. The lowest BCUT2D eigenvalue weighted by atomic mass is 9.84. The second-order valence-electron chi connectivity index (χ2n) is 6.15. The van der Waals surface area contributed by atoms with Crippen LogP contribution in [0.3, 0.4) is 0 Å². The van der Waals surface area contributed by atoms with E-state index in [4.69, 9.17) is 20.9 Å². The first-order valence-corrected chi connectivity index (χ1v) is 7.46. The molecule has 0 bridgehead atoms. The standard InChI is InChI=1S/C16H22BClO2/c1-6-12(13-9-7-8-10-14(13)18)11-17-19-15(2,3)16(4,5)20-17/h7-11H,6H2,1-5H3. The van der Waals surface area contributed by atoms with Gasteiger partial charge in [0, 0.05) is 5.02 Å². The Labute approximate surface area is 127 Å². The normalized spacial score (nSPS) is 21.3. The van der Waals surface area contributed by atoms with Crippen LogP contribution < -0.4 is 0 Å². The van der Waals surface area contributed by atoms with E-state index >= 15 is 0 Å². The molecule has 1 aliphatic heterocycles. The third-order valence-corrected chi connectivity index (χ3v) is 4.54. The average molecular weight is 293 g/mol. The molecular weight excluding hydrogens is 270 g/mol. The molecule has 1 aromatic carbocycles. The quantitative estimate of drug-likeness (QED) is 0.747. The summed E-state index contributed by atoms with van der Waals surface area (Å²) in [6, 6.07) is 7.87. The van der Waals surface area contributed by atoms with Gasteiger partial charge in [0.25, 0.3) is 0 Å². The first kappa shape index (κ1) is 15.6. The number of allylic oxidation sites excluding steroid dienone is 1. The van der Waals surface area contributed by atoms with Crippen molar-refractivity contribution in [3.05, 3.63) is 40.8 Å². The van der Waals surface area contributed by atoms with Crippen molar-refractivity contribution < 1.29 is 9.31 Å². The van der Waals surface area contributed by atoms with Crippen molar-refractivity contribution in [1.29, 1.82) is 0 Å². The molecule has 108 valence electrons. The molecule has 1 aromatic rings. The molecule has 1 fully saturated rings. The van der Waals surface area contributed by atoms with Gasteiger partial charge in [-0.3, -0.25) is 0 Å². The third-order valence-electron chi connectivity index (χ3n) is 4.21. The monoisotopic (exact) mass is 292 g/mol. The van der Waals surface area contributed by atoms with Gasteiger partial charge in [0.15, 0.2) is 0 Å². The molecule has 0 aromatic heterocycles. The maximum absolute atomic E-state index is 6.27. The summed E-state index contributed by atoms with van der Waals surface area (Å²) >= 11 is 6.27. The highest BCUT2D eigenvalue weighted by Crippen LogP contribution is 2.38. The molecule has 0 radical (unpaired) electrons. The molecule has 1 heterocycles. The Morgan fingerprint density at radius 3 is 2.20 bits per heavy atom. The summed E-state index contributed by atoms with van der Waals surface area (Å²) in [6.45, 7) is 10.3. The minimum Gasteiger partial charge on any atom is -0.400 e. The number of hydrogen-bond donors (Lipinski definition) is 0. The van der Waals surface area contributed by atoms with Crippen LogP contribution in [0.1, 0.15) is 46.6 Å². The summed E-state index contributed by atoms with van der Waals surface area (Å²) in [5.41, 5.74) is 1.57. The van der Waals surface area contributed by atoms with Crippen LogP contribution in [0.2, 0.25) is 5.02 Å².